The van der Waals surface area contributed by atoms with Gasteiger partial charge < -0.3 is 9.64 Å². The van der Waals surface area contributed by atoms with Gasteiger partial charge in [0.2, 0.25) is 5.91 Å². The molecule has 0 spiro atoms. The van der Waals surface area contributed by atoms with Crippen molar-refractivity contribution in [3.63, 3.8) is 0 Å². The van der Waals surface area contributed by atoms with Crippen molar-refractivity contribution in [2.45, 2.75) is 19.0 Å². The molecular formula is C24H26N2O2. The molecule has 0 saturated carbocycles. The van der Waals surface area contributed by atoms with Gasteiger partial charge in [-0.1, -0.05) is 72.8 Å². The number of benzene rings is 3. The molecule has 0 radical (unpaired) electrons. The van der Waals surface area contributed by atoms with E-state index in [0.29, 0.717) is 26.3 Å². The minimum atomic E-state index is -0.381. The van der Waals surface area contributed by atoms with E-state index < -0.39 is 0 Å². The lowest BCUT2D eigenvalue weighted by Crippen LogP contribution is -2.46. The summed E-state index contributed by atoms with van der Waals surface area (Å²) in [5.41, 5.74) is 2.19. The fourth-order valence-corrected chi connectivity index (χ4v) is 3.89. The number of carbonyl (C=O) groups is 1. The zero-order chi connectivity index (χ0) is 19.3. The van der Waals surface area contributed by atoms with E-state index in [1.165, 1.54) is 16.3 Å². The summed E-state index contributed by atoms with van der Waals surface area (Å²) in [6, 6.07) is 24.4. The summed E-state index contributed by atoms with van der Waals surface area (Å²) in [6.07, 6.45) is 0. The van der Waals surface area contributed by atoms with Crippen LogP contribution in [0, 0.1) is 0 Å². The summed E-state index contributed by atoms with van der Waals surface area (Å²) in [5, 5.41) is 6.04. The number of hydrogen-bond acceptors (Lipinski definition) is 3. The SMILES string of the molecule is CC(NC(C(=O)N1CCOCC1)c1ccccc1)c1cccc2ccccc12. The van der Waals surface area contributed by atoms with Crippen molar-refractivity contribution >= 4 is 16.7 Å². The highest BCUT2D eigenvalue weighted by atomic mass is 16.5. The Hall–Kier alpha value is -2.69. The Kier molecular flexibility index (Phi) is 5.70. The molecule has 1 aliphatic rings. The number of nitrogens with one attached hydrogen (secondary N) is 1. The molecule has 0 bridgehead atoms. The molecule has 1 heterocycles. The molecule has 4 rings (SSSR count). The van der Waals surface area contributed by atoms with Crippen molar-refractivity contribution in [1.82, 2.24) is 10.2 Å². The molecule has 1 aliphatic heterocycles. The lowest BCUT2D eigenvalue weighted by atomic mass is 9.97. The number of rotatable bonds is 5. The maximum absolute atomic E-state index is 13.3. The predicted molar refractivity (Wildman–Crippen MR) is 112 cm³/mol. The first-order chi connectivity index (χ1) is 13.7. The van der Waals surface area contributed by atoms with Crippen molar-refractivity contribution in [2.75, 3.05) is 26.3 Å². The first kappa shape index (κ1) is 18.7. The third-order valence-corrected chi connectivity index (χ3v) is 5.41. The van der Waals surface area contributed by atoms with Crippen LogP contribution >= 0.6 is 0 Å². The largest absolute Gasteiger partial charge is 0.378 e. The van der Waals surface area contributed by atoms with Crippen LogP contribution in [0.3, 0.4) is 0 Å². The normalized spacial score (nSPS) is 16.7. The summed E-state index contributed by atoms with van der Waals surface area (Å²) >= 11 is 0. The Balaban J connectivity index is 1.64. The Morgan fingerprint density at radius 1 is 0.929 bits per heavy atom. The van der Waals surface area contributed by atoms with Gasteiger partial charge in [-0.3, -0.25) is 10.1 Å². The first-order valence-electron chi connectivity index (χ1n) is 9.89. The van der Waals surface area contributed by atoms with Crippen LogP contribution < -0.4 is 5.32 Å². The van der Waals surface area contributed by atoms with Crippen molar-refractivity contribution in [1.29, 1.82) is 0 Å². The second-order valence-electron chi connectivity index (χ2n) is 7.24. The summed E-state index contributed by atoms with van der Waals surface area (Å²) < 4.78 is 5.42. The highest BCUT2D eigenvalue weighted by molar-refractivity contribution is 5.86. The summed E-state index contributed by atoms with van der Waals surface area (Å²) in [7, 11) is 0. The summed E-state index contributed by atoms with van der Waals surface area (Å²) in [6.45, 7) is 4.63. The van der Waals surface area contributed by atoms with Crippen LogP contribution in [0.1, 0.15) is 30.1 Å². The summed E-state index contributed by atoms with van der Waals surface area (Å²) in [4.78, 5) is 15.2. The number of fused-ring (bicyclic) bond motifs is 1. The number of hydrogen-bond donors (Lipinski definition) is 1. The molecule has 4 nitrogen and oxygen atoms in total. The Labute approximate surface area is 166 Å². The maximum Gasteiger partial charge on any atom is 0.244 e. The van der Waals surface area contributed by atoms with Gasteiger partial charge in [0.25, 0.3) is 0 Å². The highest BCUT2D eigenvalue weighted by Crippen LogP contribution is 2.27. The van der Waals surface area contributed by atoms with Crippen LogP contribution in [-0.2, 0) is 9.53 Å². The van der Waals surface area contributed by atoms with E-state index in [-0.39, 0.29) is 18.0 Å². The average molecular weight is 374 g/mol. The lowest BCUT2D eigenvalue weighted by molar-refractivity contribution is -0.138. The molecule has 144 valence electrons. The molecule has 1 N–H and O–H groups in total. The van der Waals surface area contributed by atoms with Gasteiger partial charge in [0.1, 0.15) is 6.04 Å². The maximum atomic E-state index is 13.3. The van der Waals surface area contributed by atoms with Gasteiger partial charge in [0, 0.05) is 19.1 Å². The van der Waals surface area contributed by atoms with Gasteiger partial charge in [0.05, 0.1) is 13.2 Å². The number of ether oxygens (including phenoxy) is 1. The van der Waals surface area contributed by atoms with E-state index in [4.69, 9.17) is 4.74 Å². The van der Waals surface area contributed by atoms with Crippen molar-refractivity contribution in [3.8, 4) is 0 Å². The van der Waals surface area contributed by atoms with E-state index in [2.05, 4.69) is 54.7 Å². The van der Waals surface area contributed by atoms with Crippen LogP contribution in [-0.4, -0.2) is 37.1 Å². The summed E-state index contributed by atoms with van der Waals surface area (Å²) in [5.74, 6) is 0.113. The molecule has 1 fully saturated rings. The van der Waals surface area contributed by atoms with Crippen LogP contribution in [0.25, 0.3) is 10.8 Å². The van der Waals surface area contributed by atoms with E-state index in [9.17, 15) is 4.79 Å². The van der Waals surface area contributed by atoms with Gasteiger partial charge in [-0.2, -0.15) is 0 Å². The number of amides is 1. The smallest absolute Gasteiger partial charge is 0.244 e. The zero-order valence-corrected chi connectivity index (χ0v) is 16.2. The predicted octanol–water partition coefficient (Wildman–Crippen LogP) is 4.09. The molecule has 3 aromatic carbocycles. The van der Waals surface area contributed by atoms with Crippen LogP contribution in [0.5, 0.6) is 0 Å². The lowest BCUT2D eigenvalue weighted by Gasteiger charge is -2.32. The van der Waals surface area contributed by atoms with E-state index in [0.717, 1.165) is 5.56 Å². The Morgan fingerprint density at radius 2 is 1.61 bits per heavy atom. The Bertz CT molecular complexity index is 930. The number of carbonyl (C=O) groups excluding carboxylic acids is 1. The van der Waals surface area contributed by atoms with Gasteiger partial charge in [-0.05, 0) is 28.8 Å². The minimum Gasteiger partial charge on any atom is -0.378 e. The highest BCUT2D eigenvalue weighted by Gasteiger charge is 2.28. The van der Waals surface area contributed by atoms with Gasteiger partial charge >= 0.3 is 0 Å². The van der Waals surface area contributed by atoms with Gasteiger partial charge in [-0.15, -0.1) is 0 Å². The zero-order valence-electron chi connectivity index (χ0n) is 16.2. The van der Waals surface area contributed by atoms with E-state index in [1.54, 1.807) is 0 Å². The third-order valence-electron chi connectivity index (χ3n) is 5.41. The molecule has 1 saturated heterocycles. The Morgan fingerprint density at radius 3 is 2.39 bits per heavy atom. The fourth-order valence-electron chi connectivity index (χ4n) is 3.89. The van der Waals surface area contributed by atoms with Crippen LogP contribution in [0.2, 0.25) is 0 Å². The fraction of sp³-hybridized carbons (Fsp3) is 0.292. The van der Waals surface area contributed by atoms with E-state index in [1.807, 2.05) is 35.2 Å². The number of morpholine rings is 1. The van der Waals surface area contributed by atoms with Crippen LogP contribution in [0.15, 0.2) is 72.8 Å². The van der Waals surface area contributed by atoms with Crippen molar-refractivity contribution in [2.24, 2.45) is 0 Å². The molecule has 1 amide bonds. The third kappa shape index (κ3) is 3.93. The number of nitrogens with zero attached hydrogens (tertiary/aromatic N) is 1. The second-order valence-corrected chi connectivity index (χ2v) is 7.24. The molecule has 2 unspecified atom stereocenters. The van der Waals surface area contributed by atoms with Gasteiger partial charge in [0.15, 0.2) is 0 Å². The standard InChI is InChI=1S/C24H26N2O2/c1-18(21-13-7-11-19-8-5-6-12-22(19)21)25-23(20-9-3-2-4-10-20)24(27)26-14-16-28-17-15-26/h2-13,18,23,25H,14-17H2,1H3. The second kappa shape index (κ2) is 8.55. The van der Waals surface area contributed by atoms with Crippen molar-refractivity contribution in [3.05, 3.63) is 83.9 Å². The molecule has 4 heteroatoms. The monoisotopic (exact) mass is 374 g/mol. The molecule has 2 atom stereocenters. The quantitative estimate of drug-likeness (QED) is 0.731. The molecule has 28 heavy (non-hydrogen) atoms. The average Bonchev–Trinajstić information content (AvgIpc) is 2.77. The molecular weight excluding hydrogens is 348 g/mol. The molecule has 3 aromatic rings. The van der Waals surface area contributed by atoms with Gasteiger partial charge in [-0.25, -0.2) is 0 Å². The molecule has 0 aliphatic carbocycles. The molecule has 0 aromatic heterocycles. The first-order valence-corrected chi connectivity index (χ1v) is 9.89. The van der Waals surface area contributed by atoms with Crippen LogP contribution in [0.4, 0.5) is 0 Å². The van der Waals surface area contributed by atoms with Crippen molar-refractivity contribution < 1.29 is 9.53 Å². The minimum absolute atomic E-state index is 0.0290. The van der Waals surface area contributed by atoms with E-state index >= 15 is 0 Å². The topological polar surface area (TPSA) is 41.6 Å².